The van der Waals surface area contributed by atoms with Crippen LogP contribution in [0.15, 0.2) is 54.7 Å². The standard InChI is InChI=1S/C25H27N3O4/c1-17(2)16-32-22-12-11-21(20-6-5-15-26-23(20)22)27-24(29)25(13-3-4-14-25)18-7-9-19(10-8-18)28(30)31/h5-12,15,17H,3-4,13-14,16H2,1-2H3,(H,27,29). The zero-order valence-electron chi connectivity index (χ0n) is 18.3. The van der Waals surface area contributed by atoms with Crippen LogP contribution in [0.3, 0.4) is 0 Å². The fraction of sp³-hybridized carbons (Fsp3) is 0.360. The molecular weight excluding hydrogens is 406 g/mol. The summed E-state index contributed by atoms with van der Waals surface area (Å²) in [5, 5.41) is 15.0. The topological polar surface area (TPSA) is 94.4 Å². The van der Waals surface area contributed by atoms with Crippen LogP contribution in [-0.2, 0) is 10.2 Å². The summed E-state index contributed by atoms with van der Waals surface area (Å²) in [6.45, 7) is 4.76. The van der Waals surface area contributed by atoms with Crippen LogP contribution in [0.4, 0.5) is 11.4 Å². The highest BCUT2D eigenvalue weighted by atomic mass is 16.6. The second-order valence-corrected chi connectivity index (χ2v) is 8.76. The first kappa shape index (κ1) is 21.7. The zero-order chi connectivity index (χ0) is 22.7. The second-order valence-electron chi connectivity index (χ2n) is 8.76. The third-order valence-electron chi connectivity index (χ3n) is 6.08. The normalized spacial score (nSPS) is 15.1. The molecule has 0 unspecified atom stereocenters. The SMILES string of the molecule is CC(C)COc1ccc(NC(=O)C2(c3ccc([N+](=O)[O-])cc3)CCCC2)c2cccnc12. The van der Waals surface area contributed by atoms with Gasteiger partial charge in [0, 0.05) is 23.7 Å². The largest absolute Gasteiger partial charge is 0.491 e. The van der Waals surface area contributed by atoms with Crippen molar-refractivity contribution in [3.05, 3.63) is 70.4 Å². The van der Waals surface area contributed by atoms with E-state index in [4.69, 9.17) is 4.74 Å². The van der Waals surface area contributed by atoms with Crippen molar-refractivity contribution in [3.8, 4) is 5.75 Å². The Balaban J connectivity index is 1.66. The minimum Gasteiger partial charge on any atom is -0.491 e. The molecule has 0 spiro atoms. The van der Waals surface area contributed by atoms with Crippen molar-refractivity contribution in [2.45, 2.75) is 44.9 Å². The van der Waals surface area contributed by atoms with Gasteiger partial charge in [-0.15, -0.1) is 0 Å². The molecule has 0 saturated heterocycles. The van der Waals surface area contributed by atoms with Crippen LogP contribution in [0.5, 0.6) is 5.75 Å². The van der Waals surface area contributed by atoms with Gasteiger partial charge in [-0.05, 0) is 48.6 Å². The number of nitrogens with zero attached hydrogens (tertiary/aromatic N) is 2. The number of nitro groups is 1. The quantitative estimate of drug-likeness (QED) is 0.385. The first-order valence-corrected chi connectivity index (χ1v) is 11.0. The first-order valence-electron chi connectivity index (χ1n) is 11.0. The summed E-state index contributed by atoms with van der Waals surface area (Å²) in [6, 6.07) is 13.8. The number of aromatic nitrogens is 1. The molecule has 166 valence electrons. The number of carbonyl (C=O) groups is 1. The molecule has 1 fully saturated rings. The fourth-order valence-electron chi connectivity index (χ4n) is 4.40. The summed E-state index contributed by atoms with van der Waals surface area (Å²) in [7, 11) is 0. The summed E-state index contributed by atoms with van der Waals surface area (Å²) >= 11 is 0. The number of benzene rings is 2. The number of nitro benzene ring substituents is 1. The Labute approximate surface area is 187 Å². The van der Waals surface area contributed by atoms with Crippen molar-refractivity contribution in [1.82, 2.24) is 4.98 Å². The van der Waals surface area contributed by atoms with Gasteiger partial charge < -0.3 is 10.1 Å². The minimum atomic E-state index is -0.698. The number of amides is 1. The lowest BCUT2D eigenvalue weighted by Crippen LogP contribution is -2.38. The third-order valence-corrected chi connectivity index (χ3v) is 6.08. The number of ether oxygens (including phenoxy) is 1. The molecule has 1 aromatic heterocycles. The van der Waals surface area contributed by atoms with E-state index in [0.29, 0.717) is 42.3 Å². The molecule has 32 heavy (non-hydrogen) atoms. The molecule has 0 radical (unpaired) electrons. The van der Waals surface area contributed by atoms with Gasteiger partial charge in [-0.25, -0.2) is 0 Å². The van der Waals surface area contributed by atoms with Crippen LogP contribution in [0.25, 0.3) is 10.9 Å². The summed E-state index contributed by atoms with van der Waals surface area (Å²) in [6.07, 6.45) is 5.01. The highest BCUT2D eigenvalue weighted by Crippen LogP contribution is 2.43. The number of nitrogens with one attached hydrogen (secondary N) is 1. The van der Waals surface area contributed by atoms with Gasteiger partial charge in [-0.3, -0.25) is 19.9 Å². The van der Waals surface area contributed by atoms with Crippen LogP contribution in [0.1, 0.15) is 45.1 Å². The highest BCUT2D eigenvalue weighted by molar-refractivity contribution is 6.06. The van der Waals surface area contributed by atoms with Gasteiger partial charge in [0.2, 0.25) is 5.91 Å². The van der Waals surface area contributed by atoms with E-state index in [1.54, 1.807) is 18.3 Å². The number of hydrogen-bond donors (Lipinski definition) is 1. The summed E-state index contributed by atoms with van der Waals surface area (Å²) < 4.78 is 5.93. The molecule has 1 heterocycles. The smallest absolute Gasteiger partial charge is 0.269 e. The average Bonchev–Trinajstić information content (AvgIpc) is 3.30. The Bertz CT molecular complexity index is 1140. The number of hydrogen-bond acceptors (Lipinski definition) is 5. The van der Waals surface area contributed by atoms with E-state index >= 15 is 0 Å². The third kappa shape index (κ3) is 4.15. The van der Waals surface area contributed by atoms with Crippen LogP contribution in [0.2, 0.25) is 0 Å². The molecule has 1 aliphatic rings. The molecule has 1 N–H and O–H groups in total. The number of pyridine rings is 1. The second kappa shape index (κ2) is 8.94. The van der Waals surface area contributed by atoms with Crippen molar-refractivity contribution in [1.29, 1.82) is 0 Å². The molecule has 4 rings (SSSR count). The van der Waals surface area contributed by atoms with Gasteiger partial charge in [0.05, 0.1) is 22.6 Å². The van der Waals surface area contributed by atoms with Gasteiger partial charge in [0.15, 0.2) is 0 Å². The molecule has 1 amide bonds. The molecule has 2 aromatic carbocycles. The molecular formula is C25H27N3O4. The summed E-state index contributed by atoms with van der Waals surface area (Å²) in [4.78, 5) is 28.7. The molecule has 0 bridgehead atoms. The van der Waals surface area contributed by atoms with E-state index < -0.39 is 10.3 Å². The number of anilines is 1. The first-order chi connectivity index (χ1) is 15.4. The lowest BCUT2D eigenvalue weighted by atomic mass is 9.78. The lowest BCUT2D eigenvalue weighted by molar-refractivity contribution is -0.384. The number of non-ortho nitro benzene ring substituents is 1. The Morgan fingerprint density at radius 1 is 1.16 bits per heavy atom. The Kier molecular flexibility index (Phi) is 6.08. The van der Waals surface area contributed by atoms with Crippen LogP contribution in [0, 0.1) is 16.0 Å². The Morgan fingerprint density at radius 2 is 1.88 bits per heavy atom. The number of rotatable bonds is 7. The van der Waals surface area contributed by atoms with E-state index in [1.807, 2.05) is 24.3 Å². The minimum absolute atomic E-state index is 0.0244. The van der Waals surface area contributed by atoms with E-state index in [-0.39, 0.29) is 11.6 Å². The van der Waals surface area contributed by atoms with Crippen molar-refractivity contribution < 1.29 is 14.5 Å². The summed E-state index contributed by atoms with van der Waals surface area (Å²) in [5.41, 5.74) is 1.54. The van der Waals surface area contributed by atoms with Crippen molar-refractivity contribution in [2.75, 3.05) is 11.9 Å². The van der Waals surface area contributed by atoms with Gasteiger partial charge in [-0.2, -0.15) is 0 Å². The van der Waals surface area contributed by atoms with Crippen molar-refractivity contribution >= 4 is 28.2 Å². The molecule has 7 heteroatoms. The number of carbonyl (C=O) groups excluding carboxylic acids is 1. The fourth-order valence-corrected chi connectivity index (χ4v) is 4.40. The van der Waals surface area contributed by atoms with Crippen molar-refractivity contribution in [2.24, 2.45) is 5.92 Å². The van der Waals surface area contributed by atoms with Gasteiger partial charge in [0.1, 0.15) is 11.3 Å². The predicted octanol–water partition coefficient (Wildman–Crippen LogP) is 5.63. The maximum Gasteiger partial charge on any atom is 0.269 e. The monoisotopic (exact) mass is 433 g/mol. The van der Waals surface area contributed by atoms with Crippen LogP contribution < -0.4 is 10.1 Å². The lowest BCUT2D eigenvalue weighted by Gasteiger charge is -2.28. The van der Waals surface area contributed by atoms with Gasteiger partial charge >= 0.3 is 0 Å². The molecule has 1 saturated carbocycles. The predicted molar refractivity (Wildman–Crippen MR) is 124 cm³/mol. The Morgan fingerprint density at radius 3 is 2.53 bits per heavy atom. The van der Waals surface area contributed by atoms with Gasteiger partial charge in [0.25, 0.3) is 5.69 Å². The van der Waals surface area contributed by atoms with Crippen LogP contribution in [-0.4, -0.2) is 22.4 Å². The van der Waals surface area contributed by atoms with E-state index in [2.05, 4.69) is 24.1 Å². The highest BCUT2D eigenvalue weighted by Gasteiger charge is 2.43. The molecule has 1 aliphatic carbocycles. The van der Waals surface area contributed by atoms with E-state index in [0.717, 1.165) is 23.8 Å². The molecule has 0 atom stereocenters. The molecule has 0 aliphatic heterocycles. The molecule has 7 nitrogen and oxygen atoms in total. The number of fused-ring (bicyclic) bond motifs is 1. The van der Waals surface area contributed by atoms with Crippen LogP contribution >= 0.6 is 0 Å². The van der Waals surface area contributed by atoms with E-state index in [1.165, 1.54) is 12.1 Å². The van der Waals surface area contributed by atoms with Gasteiger partial charge in [-0.1, -0.05) is 38.8 Å². The summed E-state index contributed by atoms with van der Waals surface area (Å²) in [5.74, 6) is 0.986. The van der Waals surface area contributed by atoms with E-state index in [9.17, 15) is 14.9 Å². The maximum absolute atomic E-state index is 13.6. The zero-order valence-corrected chi connectivity index (χ0v) is 18.3. The van der Waals surface area contributed by atoms with Crippen molar-refractivity contribution in [3.63, 3.8) is 0 Å². The molecule has 3 aromatic rings. The maximum atomic E-state index is 13.6. The Hall–Kier alpha value is -3.48. The average molecular weight is 434 g/mol.